The van der Waals surface area contributed by atoms with Crippen LogP contribution in [-0.4, -0.2) is 70.7 Å². The van der Waals surface area contributed by atoms with Crippen molar-refractivity contribution < 1.29 is 65.5 Å². The summed E-state index contributed by atoms with van der Waals surface area (Å²) in [7, 11) is -8.20. The molecule has 2 aliphatic carbocycles. The number of sulfone groups is 1. The van der Waals surface area contributed by atoms with Gasteiger partial charge in [0.1, 0.15) is 40.9 Å². The maximum Gasteiger partial charge on any atom is 0.435 e. The zero-order valence-electron chi connectivity index (χ0n) is 34.6. The summed E-state index contributed by atoms with van der Waals surface area (Å²) >= 11 is 6.56. The molecule has 1 saturated carbocycles. The predicted octanol–water partition coefficient (Wildman–Crippen LogP) is 8.20. The molecule has 0 bridgehead atoms. The Morgan fingerprint density at radius 3 is 2.21 bits per heavy atom. The molecule has 0 spiro atoms. The molecule has 2 aliphatic rings. The van der Waals surface area contributed by atoms with E-state index in [-0.39, 0.29) is 49.6 Å². The van der Waals surface area contributed by atoms with E-state index in [1.54, 1.807) is 0 Å². The molecule has 25 heteroatoms. The third-order valence-corrected chi connectivity index (χ3v) is 14.3. The van der Waals surface area contributed by atoms with E-state index < -0.39 is 126 Å². The van der Waals surface area contributed by atoms with Gasteiger partial charge in [0.2, 0.25) is 15.9 Å². The summed E-state index contributed by atoms with van der Waals surface area (Å²) in [6.07, 6.45) is -8.74. The van der Waals surface area contributed by atoms with Gasteiger partial charge in [0.15, 0.2) is 21.3 Å². The number of halogens is 11. The molecule has 1 unspecified atom stereocenters. The highest BCUT2D eigenvalue weighted by Gasteiger charge is 2.68. The second-order valence-electron chi connectivity index (χ2n) is 16.3. The van der Waals surface area contributed by atoms with E-state index >= 15 is 8.78 Å². The van der Waals surface area contributed by atoms with Crippen LogP contribution in [0.5, 0.6) is 0 Å². The summed E-state index contributed by atoms with van der Waals surface area (Å²) in [6, 6.07) is 5.21. The lowest BCUT2D eigenvalue weighted by Gasteiger charge is -2.23. The van der Waals surface area contributed by atoms with Gasteiger partial charge in [0.25, 0.3) is 5.92 Å². The van der Waals surface area contributed by atoms with Crippen molar-refractivity contribution in [2.45, 2.75) is 74.8 Å². The van der Waals surface area contributed by atoms with Crippen molar-refractivity contribution in [2.24, 2.45) is 5.92 Å². The molecular formula is C41H34ClF10N7O5S2. The highest BCUT2D eigenvalue weighted by Crippen LogP contribution is 2.68. The molecule has 1 amide bonds. The number of sulfonamides is 1. The third-order valence-electron chi connectivity index (χ3n) is 11.0. The van der Waals surface area contributed by atoms with E-state index in [2.05, 4.69) is 38.9 Å². The van der Waals surface area contributed by atoms with Gasteiger partial charge in [0, 0.05) is 41.1 Å². The number of alkyl halides is 8. The van der Waals surface area contributed by atoms with E-state index in [4.69, 9.17) is 11.6 Å². The van der Waals surface area contributed by atoms with Crippen LogP contribution in [0, 0.1) is 29.4 Å². The second kappa shape index (κ2) is 16.3. The van der Waals surface area contributed by atoms with Crippen molar-refractivity contribution in [3.05, 3.63) is 106 Å². The van der Waals surface area contributed by atoms with Gasteiger partial charge in [0.05, 0.1) is 33.9 Å². The highest BCUT2D eigenvalue weighted by molar-refractivity contribution is 7.92. The second-order valence-corrected chi connectivity index (χ2v) is 21.1. The molecule has 0 radical (unpaired) electrons. The van der Waals surface area contributed by atoms with Crippen LogP contribution in [0.25, 0.3) is 22.0 Å². The number of carbonyl (C=O) groups is 1. The first-order valence-corrected chi connectivity index (χ1v) is 23.4. The number of nitrogens with zero attached hydrogens (tertiary/aromatic N) is 6. The van der Waals surface area contributed by atoms with Gasteiger partial charge in [-0.3, -0.25) is 14.2 Å². The minimum atomic E-state index is -5.19. The molecule has 0 saturated heterocycles. The molecule has 7 rings (SSSR count). The van der Waals surface area contributed by atoms with Gasteiger partial charge in [-0.25, -0.2) is 34.9 Å². The SMILES string of the molecule is C=CN(c1nn(CC(F)(F)F)c2c(-c3ccc(C#CC(C)(C)S(C)(=O)=O)nc3[C@H](Cc3cc(F)cc(F)c3)NC(=O)Cn3nc(C(F)(F)F)c4c3C(F)(F)[C@@H]3CC43)ccc(Cl)c12)S(C)(=O)=O. The topological polar surface area (TPSA) is 149 Å². The lowest BCUT2D eigenvalue weighted by Crippen LogP contribution is -2.35. The number of rotatable bonds is 12. The number of fused-ring (bicyclic) bond motifs is 4. The number of carbonyl (C=O) groups excluding carboxylic acids is 1. The highest BCUT2D eigenvalue weighted by atomic mass is 35.5. The predicted molar refractivity (Wildman–Crippen MR) is 220 cm³/mol. The summed E-state index contributed by atoms with van der Waals surface area (Å²) in [5.74, 6) is -5.45. The fraction of sp³-hybridized carbons (Fsp3) is 0.366. The fourth-order valence-electron chi connectivity index (χ4n) is 7.79. The Morgan fingerprint density at radius 2 is 1.64 bits per heavy atom. The molecule has 0 aliphatic heterocycles. The Morgan fingerprint density at radius 1 is 1.00 bits per heavy atom. The summed E-state index contributed by atoms with van der Waals surface area (Å²) in [4.78, 5) is 18.6. The summed E-state index contributed by atoms with van der Waals surface area (Å²) in [6.45, 7) is 2.85. The van der Waals surface area contributed by atoms with Crippen molar-refractivity contribution >= 4 is 54.1 Å². The first-order valence-electron chi connectivity index (χ1n) is 19.2. The van der Waals surface area contributed by atoms with E-state index in [9.17, 15) is 56.8 Å². The average molecular weight is 994 g/mol. The lowest BCUT2D eigenvalue weighted by molar-refractivity contribution is -0.143. The molecule has 3 heterocycles. The van der Waals surface area contributed by atoms with Gasteiger partial charge in [-0.2, -0.15) is 45.3 Å². The zero-order valence-corrected chi connectivity index (χ0v) is 37.0. The summed E-state index contributed by atoms with van der Waals surface area (Å²) < 4.78 is 196. The Hall–Kier alpha value is -5.67. The Bertz CT molecular complexity index is 3120. The number of amides is 1. The van der Waals surface area contributed by atoms with Crippen LogP contribution < -0.4 is 9.62 Å². The van der Waals surface area contributed by atoms with E-state index in [1.165, 1.54) is 32.0 Å². The minimum absolute atomic E-state index is 0.202. The molecule has 12 nitrogen and oxygen atoms in total. The number of benzene rings is 2. The minimum Gasteiger partial charge on any atom is -0.346 e. The van der Waals surface area contributed by atoms with Gasteiger partial charge in [-0.05, 0) is 74.4 Å². The molecule has 2 aromatic carbocycles. The molecule has 3 atom stereocenters. The number of pyridine rings is 1. The zero-order chi connectivity index (χ0) is 48.9. The van der Waals surface area contributed by atoms with Crippen molar-refractivity contribution in [2.75, 3.05) is 16.8 Å². The normalized spacial score (nSPS) is 17.4. The Balaban J connectivity index is 1.48. The third kappa shape index (κ3) is 9.20. The molecule has 1 N–H and O–H groups in total. The maximum absolute atomic E-state index is 15.5. The lowest BCUT2D eigenvalue weighted by atomic mass is 9.93. The molecular weight excluding hydrogens is 960 g/mol. The maximum atomic E-state index is 15.5. The van der Waals surface area contributed by atoms with Crippen LogP contribution in [0.3, 0.4) is 0 Å². The first-order chi connectivity index (χ1) is 30.3. The molecule has 1 fully saturated rings. The number of aromatic nitrogens is 5. The van der Waals surface area contributed by atoms with Gasteiger partial charge in [-0.15, -0.1) is 0 Å². The van der Waals surface area contributed by atoms with Crippen molar-refractivity contribution in [1.29, 1.82) is 0 Å². The van der Waals surface area contributed by atoms with Crippen LogP contribution >= 0.6 is 11.6 Å². The molecule has 352 valence electrons. The number of hydrogen-bond donors (Lipinski definition) is 1. The first kappa shape index (κ1) is 48.3. The summed E-state index contributed by atoms with van der Waals surface area (Å²) in [5, 5.41) is 9.11. The molecule has 5 aromatic rings. The van der Waals surface area contributed by atoms with Gasteiger partial charge < -0.3 is 5.32 Å². The van der Waals surface area contributed by atoms with Crippen molar-refractivity contribution in [3.8, 4) is 23.0 Å². The Labute approximate surface area is 374 Å². The average Bonchev–Trinajstić information content (AvgIpc) is 3.68. The van der Waals surface area contributed by atoms with Crippen LogP contribution in [0.4, 0.5) is 49.7 Å². The van der Waals surface area contributed by atoms with Crippen LogP contribution in [0.15, 0.2) is 55.2 Å². The van der Waals surface area contributed by atoms with Crippen LogP contribution in [0.2, 0.25) is 5.02 Å². The largest absolute Gasteiger partial charge is 0.435 e. The molecule has 3 aromatic heterocycles. The molecule has 66 heavy (non-hydrogen) atoms. The quantitative estimate of drug-likeness (QED) is 0.0972. The number of anilines is 1. The number of hydrogen-bond acceptors (Lipinski definition) is 8. The Kier molecular flexibility index (Phi) is 11.9. The smallest absolute Gasteiger partial charge is 0.346 e. The monoisotopic (exact) mass is 993 g/mol. The van der Waals surface area contributed by atoms with E-state index in [0.29, 0.717) is 21.3 Å². The number of nitrogens with one attached hydrogen (secondary N) is 1. The van der Waals surface area contributed by atoms with E-state index in [0.717, 1.165) is 30.7 Å². The van der Waals surface area contributed by atoms with Crippen LogP contribution in [0.1, 0.15) is 66.1 Å². The summed E-state index contributed by atoms with van der Waals surface area (Å²) in [5.41, 5.74) is -5.25. The standard InChI is InChI=1S/C41H34ClF10N7O5S2/c1-6-59(66(5,63)64)37-32-28(42)10-9-25(34(32)58(56-37)19-39(45,46)47)24-8-7-23(11-12-38(2,3)65(4,61)62)53-33(24)29(15-20-13-21(43)16-22(44)14-20)54-30(60)18-57-36-31(35(55-57)41(50,51)52)26-17-27(26)40(36,48)49/h6-10,13-14,16,26-27,29H,1,15,17-19H2,2-5H3,(H,54,60)/t26?,27-,29+/m1/s1. The van der Waals surface area contributed by atoms with Crippen molar-refractivity contribution in [1.82, 2.24) is 29.9 Å². The van der Waals surface area contributed by atoms with Crippen LogP contribution in [-0.2, 0) is 56.3 Å². The fourth-order valence-corrected chi connectivity index (χ4v) is 8.98. The van der Waals surface area contributed by atoms with Crippen molar-refractivity contribution in [3.63, 3.8) is 0 Å². The van der Waals surface area contributed by atoms with E-state index in [1.807, 2.05) is 0 Å². The van der Waals surface area contributed by atoms with Gasteiger partial charge in [-0.1, -0.05) is 30.2 Å². The van der Waals surface area contributed by atoms with Gasteiger partial charge >= 0.3 is 12.4 Å².